The van der Waals surface area contributed by atoms with Gasteiger partial charge < -0.3 is 4.41 Å². The van der Waals surface area contributed by atoms with E-state index in [4.69, 9.17) is 4.41 Å². The van der Waals surface area contributed by atoms with Gasteiger partial charge in [0.2, 0.25) is 0 Å². The lowest BCUT2D eigenvalue weighted by atomic mass is 10.3. The molecule has 0 fully saturated rings. The Balaban J connectivity index is 2.44. The molecule has 0 spiro atoms. The average molecular weight is 403 g/mol. The molecule has 0 radical (unpaired) electrons. The van der Waals surface area contributed by atoms with E-state index in [1.807, 2.05) is 0 Å². The lowest BCUT2D eigenvalue weighted by molar-refractivity contribution is 0.628. The van der Waals surface area contributed by atoms with E-state index in [2.05, 4.69) is 19.6 Å². The summed E-state index contributed by atoms with van der Waals surface area (Å²) in [5, 5.41) is 2.60. The minimum atomic E-state index is -2.55. The molecule has 6 heteroatoms. The first-order chi connectivity index (χ1) is 12.7. The highest BCUT2D eigenvalue weighted by atomic mass is 31.2. The zero-order chi connectivity index (χ0) is 19.7. The van der Waals surface area contributed by atoms with Crippen molar-refractivity contribution in [1.29, 1.82) is 0 Å². The summed E-state index contributed by atoms with van der Waals surface area (Å²) in [5.41, 5.74) is 0. The van der Waals surface area contributed by atoms with Crippen LogP contribution in [-0.4, -0.2) is 8.24 Å². The number of halogens is 3. The quantitative estimate of drug-likeness (QED) is 0.408. The van der Waals surface area contributed by atoms with Gasteiger partial charge in [-0.3, -0.25) is 0 Å². The van der Waals surface area contributed by atoms with E-state index < -0.39 is 15.3 Å². The zero-order valence-corrected chi connectivity index (χ0v) is 17.4. The maximum Gasteiger partial charge on any atom is 0.171 e. The SMILES string of the molecule is C[Si](C)(C)N=P(c1ccc(F)cc1)(c1ccc(F)cc1)c1ccc(F)cc1. The molecule has 27 heavy (non-hydrogen) atoms. The van der Waals surface area contributed by atoms with Crippen molar-refractivity contribution < 1.29 is 13.2 Å². The molecular weight excluding hydrogens is 382 g/mol. The van der Waals surface area contributed by atoms with Crippen LogP contribution in [0.25, 0.3) is 0 Å². The Morgan fingerprint density at radius 1 is 0.556 bits per heavy atom. The van der Waals surface area contributed by atoms with Crippen molar-refractivity contribution in [3.8, 4) is 0 Å². The molecule has 0 bridgehead atoms. The largest absolute Gasteiger partial charge is 0.325 e. The van der Waals surface area contributed by atoms with Crippen molar-refractivity contribution in [3.63, 3.8) is 0 Å². The van der Waals surface area contributed by atoms with E-state index >= 15 is 0 Å². The molecule has 3 rings (SSSR count). The van der Waals surface area contributed by atoms with Crippen molar-refractivity contribution in [2.45, 2.75) is 19.6 Å². The van der Waals surface area contributed by atoms with Crippen molar-refractivity contribution in [1.82, 2.24) is 0 Å². The van der Waals surface area contributed by atoms with Gasteiger partial charge in [0.15, 0.2) is 8.24 Å². The second kappa shape index (κ2) is 7.49. The molecule has 0 aromatic heterocycles. The first kappa shape index (κ1) is 19.7. The first-order valence-electron chi connectivity index (χ1n) is 8.63. The molecule has 0 saturated heterocycles. The maximum absolute atomic E-state index is 13.6. The van der Waals surface area contributed by atoms with Crippen LogP contribution >= 0.6 is 7.05 Å². The Bertz CT molecular complexity index is 858. The van der Waals surface area contributed by atoms with Crippen molar-refractivity contribution in [2.24, 2.45) is 4.41 Å². The number of hydrogen-bond acceptors (Lipinski definition) is 1. The summed E-state index contributed by atoms with van der Waals surface area (Å²) in [6.45, 7) is 6.37. The predicted octanol–water partition coefficient (Wildman–Crippen LogP) is 5.42. The minimum Gasteiger partial charge on any atom is -0.325 e. The van der Waals surface area contributed by atoms with Gasteiger partial charge in [0.25, 0.3) is 0 Å². The van der Waals surface area contributed by atoms with E-state index in [9.17, 15) is 13.2 Å². The second-order valence-corrected chi connectivity index (χ2v) is 15.3. The Labute approximate surface area is 159 Å². The van der Waals surface area contributed by atoms with Gasteiger partial charge in [-0.15, -0.1) is 0 Å². The molecule has 1 nitrogen and oxygen atoms in total. The van der Waals surface area contributed by atoms with Crippen LogP contribution in [0.3, 0.4) is 0 Å². The van der Waals surface area contributed by atoms with Crippen LogP contribution in [0.4, 0.5) is 13.2 Å². The van der Waals surface area contributed by atoms with Gasteiger partial charge in [0.05, 0.1) is 0 Å². The number of rotatable bonds is 4. The van der Waals surface area contributed by atoms with Gasteiger partial charge >= 0.3 is 0 Å². The highest BCUT2D eigenvalue weighted by Gasteiger charge is 2.30. The molecule has 0 amide bonds. The molecular formula is C21H21F3NPSi. The van der Waals surface area contributed by atoms with E-state index in [1.165, 1.54) is 36.4 Å². The summed E-state index contributed by atoms with van der Waals surface area (Å²) in [6.07, 6.45) is 0. The van der Waals surface area contributed by atoms with E-state index in [0.29, 0.717) is 0 Å². The summed E-state index contributed by atoms with van der Waals surface area (Å²) in [7, 11) is -4.54. The third kappa shape index (κ3) is 4.25. The van der Waals surface area contributed by atoms with Crippen LogP contribution in [-0.2, 0) is 0 Å². The monoisotopic (exact) mass is 403 g/mol. The lowest BCUT2D eigenvalue weighted by Crippen LogP contribution is -2.30. The highest BCUT2D eigenvalue weighted by molar-refractivity contribution is 7.88. The number of hydrogen-bond donors (Lipinski definition) is 0. The molecule has 0 aliphatic carbocycles. The standard InChI is InChI=1S/C21H21F3NPSi/c1-27(2,3)25-26(19-10-4-16(22)5-11-19,20-12-6-17(23)7-13-20)21-14-8-18(24)9-15-21/h4-15H,1-3H3. The Kier molecular flexibility index (Phi) is 5.45. The molecule has 3 aromatic carbocycles. The van der Waals surface area contributed by atoms with Crippen molar-refractivity contribution >= 4 is 31.2 Å². The Morgan fingerprint density at radius 3 is 1.04 bits per heavy atom. The molecule has 3 aromatic rings. The van der Waals surface area contributed by atoms with E-state index in [1.54, 1.807) is 36.4 Å². The molecule has 0 saturated carbocycles. The van der Waals surface area contributed by atoms with Gasteiger partial charge in [-0.1, -0.05) is 19.6 Å². The third-order valence-electron chi connectivity index (χ3n) is 4.05. The van der Waals surface area contributed by atoms with E-state index in [0.717, 1.165) is 15.9 Å². The van der Waals surface area contributed by atoms with Gasteiger partial charge in [-0.2, -0.15) is 0 Å². The van der Waals surface area contributed by atoms with Crippen molar-refractivity contribution in [3.05, 3.63) is 90.2 Å². The summed E-state index contributed by atoms with van der Waals surface area (Å²) in [5.74, 6) is -0.991. The Hall–Kier alpha value is -2.10. The normalized spacial score (nSPS) is 12.1. The van der Waals surface area contributed by atoms with Gasteiger partial charge in [-0.25, -0.2) is 13.2 Å². The van der Waals surface area contributed by atoms with E-state index in [-0.39, 0.29) is 17.5 Å². The topological polar surface area (TPSA) is 12.4 Å². The second-order valence-electron chi connectivity index (χ2n) is 7.34. The lowest BCUT2D eigenvalue weighted by Gasteiger charge is -2.30. The Morgan fingerprint density at radius 2 is 0.815 bits per heavy atom. The fraction of sp³-hybridized carbons (Fsp3) is 0.143. The maximum atomic E-state index is 13.6. The van der Waals surface area contributed by atoms with Crippen LogP contribution in [0.2, 0.25) is 19.6 Å². The van der Waals surface area contributed by atoms with Gasteiger partial charge in [-0.05, 0) is 88.7 Å². The first-order valence-corrected chi connectivity index (χ1v) is 13.8. The molecule has 140 valence electrons. The molecule has 0 atom stereocenters. The number of benzene rings is 3. The minimum absolute atomic E-state index is 0.330. The molecule has 0 aliphatic heterocycles. The molecule has 0 aliphatic rings. The van der Waals surface area contributed by atoms with Crippen LogP contribution in [0.1, 0.15) is 0 Å². The summed E-state index contributed by atoms with van der Waals surface area (Å²) in [6, 6.07) is 18.9. The van der Waals surface area contributed by atoms with Crippen LogP contribution in [0.15, 0.2) is 77.2 Å². The average Bonchev–Trinajstić information content (AvgIpc) is 2.61. The van der Waals surface area contributed by atoms with Crippen LogP contribution < -0.4 is 15.9 Å². The van der Waals surface area contributed by atoms with Crippen molar-refractivity contribution in [2.75, 3.05) is 0 Å². The predicted molar refractivity (Wildman–Crippen MR) is 111 cm³/mol. The number of nitrogens with zero attached hydrogens (tertiary/aromatic N) is 1. The van der Waals surface area contributed by atoms with Crippen LogP contribution in [0, 0.1) is 17.5 Å². The van der Waals surface area contributed by atoms with Crippen LogP contribution in [0.5, 0.6) is 0 Å². The molecule has 0 N–H and O–H groups in total. The van der Waals surface area contributed by atoms with Gasteiger partial charge in [0, 0.05) is 7.05 Å². The molecule has 0 unspecified atom stereocenters. The third-order valence-corrected chi connectivity index (χ3v) is 10.8. The summed E-state index contributed by atoms with van der Waals surface area (Å²) >= 11 is 0. The van der Waals surface area contributed by atoms with Gasteiger partial charge in [0.1, 0.15) is 17.5 Å². The summed E-state index contributed by atoms with van der Waals surface area (Å²) in [4.78, 5) is 0. The summed E-state index contributed by atoms with van der Waals surface area (Å²) < 4.78 is 46.2. The zero-order valence-electron chi connectivity index (χ0n) is 15.5. The molecule has 0 heterocycles. The highest BCUT2D eigenvalue weighted by Crippen LogP contribution is 2.48. The smallest absolute Gasteiger partial charge is 0.171 e. The fourth-order valence-electron chi connectivity index (χ4n) is 3.04. The fourth-order valence-corrected chi connectivity index (χ4v) is 10.7.